The Morgan fingerprint density at radius 1 is 1.19 bits per heavy atom. The molecule has 7 nitrogen and oxygen atoms in total. The van der Waals surface area contributed by atoms with Crippen LogP contribution < -0.4 is 16.0 Å². The summed E-state index contributed by atoms with van der Waals surface area (Å²) in [6, 6.07) is 8.48. The SMILES string of the molecule is COC(=O)c1ccc(NC(C(C)C)C2CCNCC2)c(C(=O)Nc2ccc(Cl)cn2)c1. The van der Waals surface area contributed by atoms with E-state index in [4.69, 9.17) is 16.3 Å². The van der Waals surface area contributed by atoms with Crippen LogP contribution in [0.5, 0.6) is 0 Å². The Kier molecular flexibility index (Phi) is 7.87. The third-order valence-corrected chi connectivity index (χ3v) is 5.81. The molecule has 0 saturated carbocycles. The van der Waals surface area contributed by atoms with E-state index in [1.807, 2.05) is 0 Å². The molecule has 1 aromatic heterocycles. The number of pyridine rings is 1. The van der Waals surface area contributed by atoms with Gasteiger partial charge < -0.3 is 20.7 Å². The zero-order valence-electron chi connectivity index (χ0n) is 18.1. The Hall–Kier alpha value is -2.64. The second-order valence-corrected chi connectivity index (χ2v) is 8.51. The Balaban J connectivity index is 1.91. The van der Waals surface area contributed by atoms with Gasteiger partial charge in [-0.1, -0.05) is 25.4 Å². The van der Waals surface area contributed by atoms with Crippen LogP contribution in [0.1, 0.15) is 47.4 Å². The van der Waals surface area contributed by atoms with Crippen molar-refractivity contribution in [3.63, 3.8) is 0 Å². The number of aromatic nitrogens is 1. The summed E-state index contributed by atoms with van der Waals surface area (Å²) in [7, 11) is 1.32. The van der Waals surface area contributed by atoms with Crippen LogP contribution in [0.3, 0.4) is 0 Å². The molecular formula is C23H29ClN4O3. The number of piperidine rings is 1. The monoisotopic (exact) mass is 444 g/mol. The maximum Gasteiger partial charge on any atom is 0.337 e. The fraction of sp³-hybridized carbons (Fsp3) is 0.435. The highest BCUT2D eigenvalue weighted by molar-refractivity contribution is 6.30. The summed E-state index contributed by atoms with van der Waals surface area (Å²) in [6.45, 7) is 6.35. The largest absolute Gasteiger partial charge is 0.465 e. The molecule has 0 radical (unpaired) electrons. The fourth-order valence-corrected chi connectivity index (χ4v) is 4.06. The highest BCUT2D eigenvalue weighted by Gasteiger charge is 2.27. The van der Waals surface area contributed by atoms with Crippen molar-refractivity contribution in [2.24, 2.45) is 11.8 Å². The number of benzene rings is 1. The van der Waals surface area contributed by atoms with E-state index in [-0.39, 0.29) is 11.9 Å². The molecule has 1 amide bonds. The summed E-state index contributed by atoms with van der Waals surface area (Å²) in [5, 5.41) is 10.3. The molecule has 0 bridgehead atoms. The smallest absolute Gasteiger partial charge is 0.337 e. The molecule has 1 aliphatic rings. The number of hydrogen-bond acceptors (Lipinski definition) is 6. The Bertz CT molecular complexity index is 912. The first-order chi connectivity index (χ1) is 14.9. The Morgan fingerprint density at radius 2 is 1.94 bits per heavy atom. The van der Waals surface area contributed by atoms with Crippen molar-refractivity contribution < 1.29 is 14.3 Å². The average molecular weight is 445 g/mol. The minimum absolute atomic E-state index is 0.200. The van der Waals surface area contributed by atoms with Gasteiger partial charge in [0.05, 0.1) is 23.3 Å². The summed E-state index contributed by atoms with van der Waals surface area (Å²) < 4.78 is 4.83. The molecule has 166 valence electrons. The number of anilines is 2. The van der Waals surface area contributed by atoms with Gasteiger partial charge in [0.25, 0.3) is 5.91 Å². The van der Waals surface area contributed by atoms with Crippen molar-refractivity contribution in [2.45, 2.75) is 32.7 Å². The summed E-state index contributed by atoms with van der Waals surface area (Å²) in [5.41, 5.74) is 1.35. The molecule has 1 aromatic carbocycles. The molecular weight excluding hydrogens is 416 g/mol. The van der Waals surface area contributed by atoms with E-state index in [0.29, 0.717) is 39.5 Å². The fourth-order valence-electron chi connectivity index (χ4n) is 3.95. The number of amides is 1. The molecule has 2 heterocycles. The molecule has 0 aliphatic carbocycles. The highest BCUT2D eigenvalue weighted by Crippen LogP contribution is 2.28. The lowest BCUT2D eigenvalue weighted by Crippen LogP contribution is -2.41. The van der Waals surface area contributed by atoms with Crippen LogP contribution in [-0.2, 0) is 4.74 Å². The molecule has 1 fully saturated rings. The maximum absolute atomic E-state index is 13.1. The summed E-state index contributed by atoms with van der Waals surface area (Å²) in [5.74, 6) is 0.384. The molecule has 1 unspecified atom stereocenters. The summed E-state index contributed by atoms with van der Waals surface area (Å²) in [6.07, 6.45) is 3.62. The van der Waals surface area contributed by atoms with Crippen molar-refractivity contribution in [2.75, 3.05) is 30.8 Å². The van der Waals surface area contributed by atoms with E-state index in [2.05, 4.69) is 34.8 Å². The van der Waals surface area contributed by atoms with Gasteiger partial charge in [-0.25, -0.2) is 9.78 Å². The van der Waals surface area contributed by atoms with Crippen LogP contribution in [0, 0.1) is 11.8 Å². The van der Waals surface area contributed by atoms with E-state index >= 15 is 0 Å². The second kappa shape index (κ2) is 10.6. The van der Waals surface area contributed by atoms with Gasteiger partial charge in [0, 0.05) is 17.9 Å². The first kappa shape index (κ1) is 23.0. The number of rotatable bonds is 7. The minimum atomic E-state index is -0.496. The number of nitrogens with zero attached hydrogens (tertiary/aromatic N) is 1. The van der Waals surface area contributed by atoms with Crippen molar-refractivity contribution in [1.29, 1.82) is 0 Å². The zero-order valence-corrected chi connectivity index (χ0v) is 18.8. The lowest BCUT2D eigenvalue weighted by molar-refractivity contribution is 0.0600. The quantitative estimate of drug-likeness (QED) is 0.554. The number of methoxy groups -OCH3 is 1. The van der Waals surface area contributed by atoms with Crippen molar-refractivity contribution >= 4 is 35.0 Å². The number of carbonyl (C=O) groups excluding carboxylic acids is 2. The molecule has 3 N–H and O–H groups in total. The standard InChI is InChI=1S/C23H29ClN4O3/c1-14(2)21(15-8-10-25-11-9-15)27-19-6-4-16(23(30)31-3)12-18(19)22(29)28-20-7-5-17(24)13-26-20/h4-7,12-15,21,25,27H,8-11H2,1-3H3,(H,26,28,29). The van der Waals surface area contributed by atoms with Crippen LogP contribution in [0.25, 0.3) is 0 Å². The Labute approximate surface area is 187 Å². The van der Waals surface area contributed by atoms with Crippen molar-refractivity contribution in [3.05, 3.63) is 52.7 Å². The van der Waals surface area contributed by atoms with Crippen LogP contribution in [-0.4, -0.2) is 43.1 Å². The van der Waals surface area contributed by atoms with Gasteiger partial charge in [0.2, 0.25) is 0 Å². The lowest BCUT2D eigenvalue weighted by atomic mass is 9.83. The van der Waals surface area contributed by atoms with Crippen LogP contribution >= 0.6 is 11.6 Å². The third kappa shape index (κ3) is 5.95. The van der Waals surface area contributed by atoms with Crippen LogP contribution in [0.4, 0.5) is 11.5 Å². The van der Waals surface area contributed by atoms with Gasteiger partial charge in [-0.2, -0.15) is 0 Å². The number of ether oxygens (including phenoxy) is 1. The van der Waals surface area contributed by atoms with E-state index in [0.717, 1.165) is 25.9 Å². The second-order valence-electron chi connectivity index (χ2n) is 8.07. The topological polar surface area (TPSA) is 92.4 Å². The lowest BCUT2D eigenvalue weighted by Gasteiger charge is -2.35. The molecule has 1 saturated heterocycles. The van der Waals surface area contributed by atoms with Gasteiger partial charge in [0.1, 0.15) is 5.82 Å². The van der Waals surface area contributed by atoms with E-state index in [1.54, 1.807) is 30.3 Å². The molecule has 2 aromatic rings. The van der Waals surface area contributed by atoms with Gasteiger partial charge in [0.15, 0.2) is 0 Å². The molecule has 3 rings (SSSR count). The highest BCUT2D eigenvalue weighted by atomic mass is 35.5. The predicted molar refractivity (Wildman–Crippen MR) is 123 cm³/mol. The number of nitrogens with one attached hydrogen (secondary N) is 3. The van der Waals surface area contributed by atoms with E-state index in [9.17, 15) is 9.59 Å². The summed E-state index contributed by atoms with van der Waals surface area (Å²) >= 11 is 5.88. The molecule has 1 atom stereocenters. The van der Waals surface area contributed by atoms with Gasteiger partial charge in [-0.3, -0.25) is 4.79 Å². The number of hydrogen-bond donors (Lipinski definition) is 3. The normalized spacial score (nSPS) is 15.4. The van der Waals surface area contributed by atoms with Gasteiger partial charge >= 0.3 is 5.97 Å². The molecule has 8 heteroatoms. The molecule has 31 heavy (non-hydrogen) atoms. The molecule has 1 aliphatic heterocycles. The molecule has 0 spiro atoms. The number of esters is 1. The number of halogens is 1. The van der Waals surface area contributed by atoms with E-state index < -0.39 is 5.97 Å². The van der Waals surface area contributed by atoms with E-state index in [1.165, 1.54) is 13.3 Å². The van der Waals surface area contributed by atoms with Gasteiger partial charge in [-0.05, 0) is 68.1 Å². The maximum atomic E-state index is 13.1. The summed E-state index contributed by atoms with van der Waals surface area (Å²) in [4.78, 5) is 29.3. The Morgan fingerprint density at radius 3 is 2.55 bits per heavy atom. The van der Waals surface area contributed by atoms with Crippen molar-refractivity contribution in [1.82, 2.24) is 10.3 Å². The van der Waals surface area contributed by atoms with Gasteiger partial charge in [-0.15, -0.1) is 0 Å². The number of carbonyl (C=O) groups is 2. The zero-order chi connectivity index (χ0) is 22.4. The first-order valence-corrected chi connectivity index (χ1v) is 10.9. The minimum Gasteiger partial charge on any atom is -0.465 e. The predicted octanol–water partition coefficient (Wildman–Crippen LogP) is 4.21. The third-order valence-electron chi connectivity index (χ3n) is 5.59. The van der Waals surface area contributed by atoms with Crippen molar-refractivity contribution in [3.8, 4) is 0 Å². The first-order valence-electron chi connectivity index (χ1n) is 10.5. The van der Waals surface area contributed by atoms with Crippen LogP contribution in [0.2, 0.25) is 5.02 Å². The van der Waals surface area contributed by atoms with Crippen LogP contribution in [0.15, 0.2) is 36.5 Å². The average Bonchev–Trinajstić information content (AvgIpc) is 2.78.